The lowest BCUT2D eigenvalue weighted by molar-refractivity contribution is -0.116. The van der Waals surface area contributed by atoms with Crippen LogP contribution in [0.15, 0.2) is 30.6 Å². The molecule has 3 N–H and O–H groups in total. The normalized spacial score (nSPS) is 10.7. The first-order valence-electron chi connectivity index (χ1n) is 6.16. The molecule has 108 valence electrons. The molecule has 3 aromatic rings. The summed E-state index contributed by atoms with van der Waals surface area (Å²) in [6.45, 7) is 0.0937. The lowest BCUT2D eigenvalue weighted by Crippen LogP contribution is -2.18. The average Bonchev–Trinajstić information content (AvgIpc) is 3.03. The molecule has 7 nitrogen and oxygen atoms in total. The first kappa shape index (κ1) is 13.4. The van der Waals surface area contributed by atoms with Gasteiger partial charge in [-0.1, -0.05) is 11.3 Å². The largest absolute Gasteiger partial charge is 0.497 e. The molecule has 3 rings (SSSR count). The first-order chi connectivity index (χ1) is 10.1. The third kappa shape index (κ3) is 2.95. The Morgan fingerprint density at radius 2 is 2.38 bits per heavy atom. The maximum Gasteiger partial charge on any atom is 0.247 e. The Bertz CT molecular complexity index is 795. The predicted molar refractivity (Wildman–Crippen MR) is 81.4 cm³/mol. The van der Waals surface area contributed by atoms with Gasteiger partial charge < -0.3 is 15.8 Å². The summed E-state index contributed by atoms with van der Waals surface area (Å²) in [6.07, 6.45) is 3.10. The number of thiazole rings is 1. The minimum absolute atomic E-state index is 0.0937. The van der Waals surface area contributed by atoms with E-state index in [0.717, 1.165) is 16.0 Å². The number of nitrogens with zero attached hydrogens (tertiary/aromatic N) is 3. The summed E-state index contributed by atoms with van der Waals surface area (Å²) in [5.41, 5.74) is 6.89. The number of rotatable bonds is 4. The van der Waals surface area contributed by atoms with Crippen molar-refractivity contribution in [3.63, 3.8) is 0 Å². The summed E-state index contributed by atoms with van der Waals surface area (Å²) >= 11 is 1.39. The van der Waals surface area contributed by atoms with Crippen molar-refractivity contribution < 1.29 is 9.53 Å². The molecule has 8 heteroatoms. The number of anilines is 2. The number of nitrogens with two attached hydrogens (primary N) is 1. The molecule has 0 spiro atoms. The van der Waals surface area contributed by atoms with Crippen molar-refractivity contribution in [2.24, 2.45) is 0 Å². The maximum absolute atomic E-state index is 11.9. The number of carbonyl (C=O) groups is 1. The molecule has 1 aromatic carbocycles. The van der Waals surface area contributed by atoms with Crippen molar-refractivity contribution in [1.82, 2.24) is 14.8 Å². The van der Waals surface area contributed by atoms with E-state index in [1.165, 1.54) is 22.2 Å². The van der Waals surface area contributed by atoms with Crippen LogP contribution in [0.3, 0.4) is 0 Å². The van der Waals surface area contributed by atoms with Crippen molar-refractivity contribution in [1.29, 1.82) is 0 Å². The van der Waals surface area contributed by atoms with Crippen molar-refractivity contribution in [2.45, 2.75) is 6.54 Å². The van der Waals surface area contributed by atoms with E-state index in [9.17, 15) is 4.79 Å². The fourth-order valence-corrected chi connectivity index (χ4v) is 2.77. The highest BCUT2D eigenvalue weighted by atomic mass is 32.1. The zero-order valence-electron chi connectivity index (χ0n) is 11.2. The fraction of sp³-hybridized carbons (Fsp3) is 0.154. The summed E-state index contributed by atoms with van der Waals surface area (Å²) in [6, 6.07) is 5.57. The lowest BCUT2D eigenvalue weighted by atomic mass is 10.3. The highest BCUT2D eigenvalue weighted by Crippen LogP contribution is 2.29. The lowest BCUT2D eigenvalue weighted by Gasteiger charge is -2.01. The second-order valence-corrected chi connectivity index (χ2v) is 5.40. The molecule has 2 heterocycles. The van der Waals surface area contributed by atoms with Gasteiger partial charge in [0.05, 0.1) is 29.2 Å². The fourth-order valence-electron chi connectivity index (χ4n) is 1.86. The van der Waals surface area contributed by atoms with Crippen molar-refractivity contribution >= 4 is 38.3 Å². The number of ether oxygens (including phenoxy) is 1. The van der Waals surface area contributed by atoms with Crippen molar-refractivity contribution in [2.75, 3.05) is 18.2 Å². The van der Waals surface area contributed by atoms with Gasteiger partial charge in [-0.05, 0) is 18.2 Å². The number of nitrogen functional groups attached to an aromatic ring is 1. The highest BCUT2D eigenvalue weighted by Gasteiger charge is 2.09. The summed E-state index contributed by atoms with van der Waals surface area (Å²) in [5.74, 6) is 0.556. The molecule has 0 saturated carbocycles. The van der Waals surface area contributed by atoms with Crippen LogP contribution in [0.25, 0.3) is 10.2 Å². The van der Waals surface area contributed by atoms with Gasteiger partial charge in [-0.3, -0.25) is 9.48 Å². The van der Waals surface area contributed by atoms with Crippen LogP contribution < -0.4 is 15.8 Å². The minimum Gasteiger partial charge on any atom is -0.497 e. The third-order valence-electron chi connectivity index (χ3n) is 2.80. The summed E-state index contributed by atoms with van der Waals surface area (Å²) in [4.78, 5) is 16.3. The maximum atomic E-state index is 11.9. The average molecular weight is 303 g/mol. The Labute approximate surface area is 124 Å². The van der Waals surface area contributed by atoms with Crippen LogP contribution in [0.2, 0.25) is 0 Å². The second-order valence-electron chi connectivity index (χ2n) is 4.37. The van der Waals surface area contributed by atoms with Gasteiger partial charge in [0, 0.05) is 6.20 Å². The molecule has 21 heavy (non-hydrogen) atoms. The number of aromatic nitrogens is 3. The molecule has 0 aliphatic heterocycles. The standard InChI is InChI=1S/C13H13N5O2S/c1-20-9-2-3-10-11(4-9)21-13(16-10)17-12(19)7-18-6-8(14)5-15-18/h2-6H,7,14H2,1H3,(H,16,17,19). The Kier molecular flexibility index (Phi) is 3.44. The first-order valence-corrected chi connectivity index (χ1v) is 6.98. The number of fused-ring (bicyclic) bond motifs is 1. The smallest absolute Gasteiger partial charge is 0.247 e. The van der Waals surface area contributed by atoms with E-state index in [-0.39, 0.29) is 12.5 Å². The van der Waals surface area contributed by atoms with Gasteiger partial charge >= 0.3 is 0 Å². The van der Waals surface area contributed by atoms with Gasteiger partial charge in [0.15, 0.2) is 5.13 Å². The van der Waals surface area contributed by atoms with Crippen LogP contribution in [0.1, 0.15) is 0 Å². The molecule has 0 saturated heterocycles. The van der Waals surface area contributed by atoms with Crippen LogP contribution >= 0.6 is 11.3 Å². The van der Waals surface area contributed by atoms with Crippen LogP contribution in [0, 0.1) is 0 Å². The summed E-state index contributed by atoms with van der Waals surface area (Å²) in [7, 11) is 1.61. The number of nitrogens with one attached hydrogen (secondary N) is 1. The number of methoxy groups -OCH3 is 1. The molecule has 0 bridgehead atoms. The second kappa shape index (κ2) is 5.41. The molecule has 0 radical (unpaired) electrons. The van der Waals surface area contributed by atoms with Crippen LogP contribution in [0.5, 0.6) is 5.75 Å². The van der Waals surface area contributed by atoms with Crippen molar-refractivity contribution in [3.8, 4) is 5.75 Å². The van der Waals surface area contributed by atoms with E-state index in [1.807, 2.05) is 18.2 Å². The molecular formula is C13H13N5O2S. The number of benzene rings is 1. The Hall–Kier alpha value is -2.61. The number of carbonyl (C=O) groups excluding carboxylic acids is 1. The number of hydrogen-bond donors (Lipinski definition) is 2. The van der Waals surface area contributed by atoms with E-state index in [4.69, 9.17) is 10.5 Å². The molecule has 2 aromatic heterocycles. The number of amides is 1. The predicted octanol–water partition coefficient (Wildman–Crippen LogP) is 1.72. The van der Waals surface area contributed by atoms with Gasteiger partial charge in [0.2, 0.25) is 5.91 Å². The molecule has 0 unspecified atom stereocenters. The molecule has 0 aliphatic rings. The van der Waals surface area contributed by atoms with E-state index in [1.54, 1.807) is 13.3 Å². The zero-order chi connectivity index (χ0) is 14.8. The van der Waals surface area contributed by atoms with Crippen LogP contribution in [-0.4, -0.2) is 27.8 Å². The van der Waals surface area contributed by atoms with Gasteiger partial charge in [-0.15, -0.1) is 0 Å². The van der Waals surface area contributed by atoms with Crippen molar-refractivity contribution in [3.05, 3.63) is 30.6 Å². The Morgan fingerprint density at radius 1 is 1.52 bits per heavy atom. The Morgan fingerprint density at radius 3 is 3.10 bits per heavy atom. The summed E-state index contributed by atoms with van der Waals surface area (Å²) in [5, 5.41) is 7.26. The molecule has 0 atom stereocenters. The molecule has 1 amide bonds. The van der Waals surface area contributed by atoms with Crippen LogP contribution in [-0.2, 0) is 11.3 Å². The summed E-state index contributed by atoms with van der Waals surface area (Å²) < 4.78 is 7.59. The minimum atomic E-state index is -0.205. The highest BCUT2D eigenvalue weighted by molar-refractivity contribution is 7.22. The van der Waals surface area contributed by atoms with E-state index in [0.29, 0.717) is 10.8 Å². The van der Waals surface area contributed by atoms with Gasteiger partial charge in [-0.2, -0.15) is 5.10 Å². The van der Waals surface area contributed by atoms with E-state index < -0.39 is 0 Å². The third-order valence-corrected chi connectivity index (χ3v) is 3.73. The van der Waals surface area contributed by atoms with Gasteiger partial charge in [-0.25, -0.2) is 4.98 Å². The van der Waals surface area contributed by atoms with E-state index in [2.05, 4.69) is 15.4 Å². The topological polar surface area (TPSA) is 95.1 Å². The molecule has 0 aliphatic carbocycles. The SMILES string of the molecule is COc1ccc2nc(NC(=O)Cn3cc(N)cn3)sc2c1. The quantitative estimate of drug-likeness (QED) is 0.765. The monoisotopic (exact) mass is 303 g/mol. The van der Waals surface area contributed by atoms with E-state index >= 15 is 0 Å². The zero-order valence-corrected chi connectivity index (χ0v) is 12.1. The number of hydrogen-bond acceptors (Lipinski definition) is 6. The Balaban J connectivity index is 1.73. The van der Waals surface area contributed by atoms with Crippen LogP contribution in [0.4, 0.5) is 10.8 Å². The van der Waals surface area contributed by atoms with Gasteiger partial charge in [0.25, 0.3) is 0 Å². The van der Waals surface area contributed by atoms with Gasteiger partial charge in [0.1, 0.15) is 12.3 Å². The molecule has 0 fully saturated rings. The molecular weight excluding hydrogens is 290 g/mol.